The Morgan fingerprint density at radius 2 is 1.12 bits per heavy atom. The predicted octanol–water partition coefficient (Wildman–Crippen LogP) is 5.58. The Bertz CT molecular complexity index is 126. The van der Waals surface area contributed by atoms with E-state index in [2.05, 4.69) is 20.3 Å². The van der Waals surface area contributed by atoms with Crippen LogP contribution < -0.4 is 0 Å². The van der Waals surface area contributed by atoms with E-state index >= 15 is 0 Å². The molecule has 0 fully saturated rings. The Balaban J connectivity index is 2.88. The van der Waals surface area contributed by atoms with E-state index in [9.17, 15) is 0 Å². The summed E-state index contributed by atoms with van der Waals surface area (Å²) in [7, 11) is -0.137. The van der Waals surface area contributed by atoms with Crippen molar-refractivity contribution < 1.29 is 4.52 Å². The molecular formula is C14H31OP. The van der Waals surface area contributed by atoms with Crippen molar-refractivity contribution in [1.82, 2.24) is 0 Å². The van der Waals surface area contributed by atoms with Crippen LogP contribution in [0, 0.1) is 0 Å². The molecule has 0 aliphatic rings. The van der Waals surface area contributed by atoms with Crippen LogP contribution in [0.4, 0.5) is 0 Å². The Morgan fingerprint density at radius 3 is 1.56 bits per heavy atom. The second-order valence-electron chi connectivity index (χ2n) is 4.83. The summed E-state index contributed by atoms with van der Waals surface area (Å²) in [6, 6.07) is 0. The maximum absolute atomic E-state index is 5.58. The van der Waals surface area contributed by atoms with E-state index in [1.807, 2.05) is 0 Å². The molecule has 16 heavy (non-hydrogen) atoms. The molecule has 0 aliphatic carbocycles. The Kier molecular flexibility index (Phi) is 13.8. The van der Waals surface area contributed by atoms with Crippen molar-refractivity contribution in [2.45, 2.75) is 71.1 Å². The van der Waals surface area contributed by atoms with Crippen molar-refractivity contribution in [3.63, 3.8) is 0 Å². The minimum absolute atomic E-state index is 0.137. The van der Waals surface area contributed by atoms with Crippen LogP contribution in [0.3, 0.4) is 0 Å². The summed E-state index contributed by atoms with van der Waals surface area (Å²) in [5.41, 5.74) is 0. The van der Waals surface area contributed by atoms with Crippen LogP contribution in [-0.4, -0.2) is 19.9 Å². The van der Waals surface area contributed by atoms with E-state index in [1.54, 1.807) is 0 Å². The van der Waals surface area contributed by atoms with E-state index in [0.29, 0.717) is 0 Å². The van der Waals surface area contributed by atoms with Crippen LogP contribution in [0.25, 0.3) is 0 Å². The highest BCUT2D eigenvalue weighted by Gasteiger charge is 1.94. The number of rotatable bonds is 12. The largest absolute Gasteiger partial charge is 0.360 e. The zero-order valence-corrected chi connectivity index (χ0v) is 12.5. The maximum atomic E-state index is 5.58. The molecule has 0 aromatic carbocycles. The van der Waals surface area contributed by atoms with E-state index in [-0.39, 0.29) is 8.15 Å². The summed E-state index contributed by atoms with van der Waals surface area (Å²) in [4.78, 5) is 0. The summed E-state index contributed by atoms with van der Waals surface area (Å²) in [5, 5.41) is 0. The third kappa shape index (κ3) is 14.4. The van der Waals surface area contributed by atoms with E-state index < -0.39 is 0 Å². The average Bonchev–Trinajstić information content (AvgIpc) is 2.25. The lowest BCUT2D eigenvalue weighted by Crippen LogP contribution is -1.89. The van der Waals surface area contributed by atoms with Crippen LogP contribution >= 0.6 is 8.15 Å². The molecule has 98 valence electrons. The van der Waals surface area contributed by atoms with Gasteiger partial charge in [-0.2, -0.15) is 0 Å². The van der Waals surface area contributed by atoms with Crippen LogP contribution in [-0.2, 0) is 4.52 Å². The molecule has 0 radical (unpaired) electrons. The molecule has 0 bridgehead atoms. The van der Waals surface area contributed by atoms with Gasteiger partial charge in [-0.1, -0.05) is 64.7 Å². The van der Waals surface area contributed by atoms with Crippen molar-refractivity contribution >= 4 is 8.15 Å². The van der Waals surface area contributed by atoms with Gasteiger partial charge in [0.2, 0.25) is 0 Å². The molecule has 0 saturated heterocycles. The molecule has 0 rings (SSSR count). The molecular weight excluding hydrogens is 215 g/mol. The van der Waals surface area contributed by atoms with Crippen molar-refractivity contribution in [1.29, 1.82) is 0 Å². The third-order valence-corrected chi connectivity index (χ3v) is 3.55. The second-order valence-corrected chi connectivity index (χ2v) is 6.71. The van der Waals surface area contributed by atoms with Gasteiger partial charge in [-0.15, -0.1) is 0 Å². The number of hydrogen-bond acceptors (Lipinski definition) is 1. The molecule has 0 heterocycles. The normalized spacial score (nSPS) is 11.2. The minimum atomic E-state index is -0.137. The van der Waals surface area contributed by atoms with Gasteiger partial charge in [0.15, 0.2) is 0 Å². The van der Waals surface area contributed by atoms with E-state index in [0.717, 1.165) is 6.61 Å². The highest BCUT2D eigenvalue weighted by molar-refractivity contribution is 7.50. The Hall–Kier alpha value is 0.390. The lowest BCUT2D eigenvalue weighted by molar-refractivity contribution is 0.339. The highest BCUT2D eigenvalue weighted by atomic mass is 31.1. The lowest BCUT2D eigenvalue weighted by Gasteiger charge is -2.06. The topological polar surface area (TPSA) is 9.23 Å². The molecule has 0 atom stereocenters. The summed E-state index contributed by atoms with van der Waals surface area (Å²) >= 11 is 0. The summed E-state index contributed by atoms with van der Waals surface area (Å²) in [6.45, 7) is 7.60. The zero-order chi connectivity index (χ0) is 12.1. The van der Waals surface area contributed by atoms with Crippen LogP contribution in [0.1, 0.15) is 71.1 Å². The quantitative estimate of drug-likeness (QED) is 0.322. The van der Waals surface area contributed by atoms with Gasteiger partial charge in [0.1, 0.15) is 0 Å². The van der Waals surface area contributed by atoms with Crippen molar-refractivity contribution in [3.05, 3.63) is 0 Å². The lowest BCUT2D eigenvalue weighted by atomic mass is 10.1. The summed E-state index contributed by atoms with van der Waals surface area (Å²) in [6.07, 6.45) is 14.0. The highest BCUT2D eigenvalue weighted by Crippen LogP contribution is 2.25. The molecule has 0 spiro atoms. The van der Waals surface area contributed by atoms with Crippen LogP contribution in [0.5, 0.6) is 0 Å². The molecule has 0 aromatic heterocycles. The first-order valence-electron chi connectivity index (χ1n) is 7.07. The summed E-state index contributed by atoms with van der Waals surface area (Å²) in [5.74, 6) is 0. The first-order chi connectivity index (χ1) is 7.77. The number of unbranched alkanes of at least 4 members (excludes halogenated alkanes) is 9. The van der Waals surface area contributed by atoms with Gasteiger partial charge in [-0.3, -0.25) is 0 Å². The smallest absolute Gasteiger partial charge is 0.0508 e. The second kappa shape index (κ2) is 13.5. The molecule has 0 aliphatic heterocycles. The monoisotopic (exact) mass is 246 g/mol. The Labute approximate surface area is 104 Å². The Morgan fingerprint density at radius 1 is 0.688 bits per heavy atom. The SMILES string of the molecule is CCCCCCCCCCCCOP(C)C. The van der Waals surface area contributed by atoms with Crippen molar-refractivity contribution in [2.24, 2.45) is 0 Å². The summed E-state index contributed by atoms with van der Waals surface area (Å²) < 4.78 is 5.58. The molecule has 0 amide bonds. The van der Waals surface area contributed by atoms with Gasteiger partial charge in [0, 0.05) is 8.15 Å². The van der Waals surface area contributed by atoms with E-state index in [4.69, 9.17) is 4.52 Å². The standard InChI is InChI=1S/C14H31OP/c1-4-5-6-7-8-9-10-11-12-13-14-15-16(2)3/h4-14H2,1-3H3. The molecule has 0 N–H and O–H groups in total. The van der Waals surface area contributed by atoms with E-state index in [1.165, 1.54) is 64.2 Å². The fourth-order valence-electron chi connectivity index (χ4n) is 1.84. The van der Waals surface area contributed by atoms with Crippen LogP contribution in [0.15, 0.2) is 0 Å². The van der Waals surface area contributed by atoms with Gasteiger partial charge in [-0.05, 0) is 19.8 Å². The molecule has 0 saturated carbocycles. The first kappa shape index (κ1) is 16.4. The first-order valence-corrected chi connectivity index (χ1v) is 9.23. The fourth-order valence-corrected chi connectivity index (χ4v) is 2.33. The van der Waals surface area contributed by atoms with Crippen molar-refractivity contribution in [2.75, 3.05) is 19.9 Å². The minimum Gasteiger partial charge on any atom is -0.360 e. The molecule has 2 heteroatoms. The van der Waals surface area contributed by atoms with Gasteiger partial charge >= 0.3 is 0 Å². The zero-order valence-electron chi connectivity index (χ0n) is 11.6. The van der Waals surface area contributed by atoms with Gasteiger partial charge in [0.05, 0.1) is 6.61 Å². The third-order valence-electron chi connectivity index (χ3n) is 2.85. The fraction of sp³-hybridized carbons (Fsp3) is 1.00. The van der Waals surface area contributed by atoms with Gasteiger partial charge in [-0.25, -0.2) is 0 Å². The van der Waals surface area contributed by atoms with Gasteiger partial charge in [0.25, 0.3) is 0 Å². The van der Waals surface area contributed by atoms with Crippen molar-refractivity contribution in [3.8, 4) is 0 Å². The van der Waals surface area contributed by atoms with Crippen LogP contribution in [0.2, 0.25) is 0 Å². The number of hydrogen-bond donors (Lipinski definition) is 0. The molecule has 0 unspecified atom stereocenters. The average molecular weight is 246 g/mol. The maximum Gasteiger partial charge on any atom is 0.0508 e. The molecule has 1 nitrogen and oxygen atoms in total. The van der Waals surface area contributed by atoms with Gasteiger partial charge < -0.3 is 4.52 Å². The predicted molar refractivity (Wildman–Crippen MR) is 76.6 cm³/mol. The molecule has 0 aromatic rings.